The summed E-state index contributed by atoms with van der Waals surface area (Å²) in [5, 5.41) is 2.47. The highest BCUT2D eigenvalue weighted by Gasteiger charge is 2.33. The van der Waals surface area contributed by atoms with Gasteiger partial charge < -0.3 is 0 Å². The Kier molecular flexibility index (Phi) is 4.29. The zero-order valence-corrected chi connectivity index (χ0v) is 15.4. The molecular weight excluding hydrogens is 398 g/mol. The Labute approximate surface area is 157 Å². The first-order valence-corrected chi connectivity index (χ1v) is 9.25. The highest BCUT2D eigenvalue weighted by Crippen LogP contribution is 2.29. The van der Waals surface area contributed by atoms with Crippen molar-refractivity contribution < 1.29 is 4.79 Å². The van der Waals surface area contributed by atoms with Gasteiger partial charge in [0.05, 0.1) is 0 Å². The molecule has 4 rings (SSSR count). The lowest BCUT2D eigenvalue weighted by Crippen LogP contribution is -2.32. The minimum atomic E-state index is -0.170. The molecule has 1 aromatic heterocycles. The van der Waals surface area contributed by atoms with Gasteiger partial charge in [0.15, 0.2) is 5.13 Å². The van der Waals surface area contributed by atoms with E-state index in [0.29, 0.717) is 16.7 Å². The van der Waals surface area contributed by atoms with Crippen LogP contribution in [0.4, 0.5) is 5.13 Å². The summed E-state index contributed by atoms with van der Waals surface area (Å²) in [6.07, 6.45) is 3.48. The molecule has 4 nitrogen and oxygen atoms in total. The number of anilines is 1. The standard InChI is InChI=1S/C19H12BrN3OS/c20-15-8-6-13(7-9-15)12-16-18(24)23(19-21-10-11-25-19)17(22-16)14-4-2-1-3-5-14/h1-12H/b16-12+. The lowest BCUT2D eigenvalue weighted by molar-refractivity contribution is -0.113. The van der Waals surface area contributed by atoms with Crippen LogP contribution in [0.1, 0.15) is 11.1 Å². The smallest absolute Gasteiger partial charge is 0.266 e. The van der Waals surface area contributed by atoms with E-state index in [-0.39, 0.29) is 5.91 Å². The van der Waals surface area contributed by atoms with Crippen molar-refractivity contribution in [1.82, 2.24) is 4.98 Å². The molecule has 0 radical (unpaired) electrons. The molecule has 0 fully saturated rings. The molecule has 0 bridgehead atoms. The van der Waals surface area contributed by atoms with Crippen LogP contribution < -0.4 is 4.90 Å². The number of hydrogen-bond acceptors (Lipinski definition) is 4. The van der Waals surface area contributed by atoms with Crippen LogP contribution in [-0.2, 0) is 4.79 Å². The van der Waals surface area contributed by atoms with E-state index in [1.807, 2.05) is 60.0 Å². The van der Waals surface area contributed by atoms with Gasteiger partial charge in [-0.25, -0.2) is 14.9 Å². The predicted molar refractivity (Wildman–Crippen MR) is 105 cm³/mol. The summed E-state index contributed by atoms with van der Waals surface area (Å²) in [7, 11) is 0. The third-order valence-corrected chi connectivity index (χ3v) is 4.96. The zero-order chi connectivity index (χ0) is 17.2. The number of halogens is 1. The molecule has 25 heavy (non-hydrogen) atoms. The summed E-state index contributed by atoms with van der Waals surface area (Å²) in [6.45, 7) is 0. The van der Waals surface area contributed by atoms with E-state index in [4.69, 9.17) is 0 Å². The maximum atomic E-state index is 13.0. The first-order chi connectivity index (χ1) is 12.2. The molecule has 0 saturated carbocycles. The molecule has 0 atom stereocenters. The average molecular weight is 410 g/mol. The van der Waals surface area contributed by atoms with E-state index < -0.39 is 0 Å². The van der Waals surface area contributed by atoms with Crippen LogP contribution in [-0.4, -0.2) is 16.7 Å². The number of amidine groups is 1. The van der Waals surface area contributed by atoms with Crippen LogP contribution in [0.5, 0.6) is 0 Å². The molecule has 1 aliphatic rings. The van der Waals surface area contributed by atoms with Gasteiger partial charge >= 0.3 is 0 Å². The van der Waals surface area contributed by atoms with Gasteiger partial charge in [-0.1, -0.05) is 58.4 Å². The Balaban J connectivity index is 1.80. The summed E-state index contributed by atoms with van der Waals surface area (Å²) in [5.41, 5.74) is 2.20. The molecule has 0 N–H and O–H groups in total. The van der Waals surface area contributed by atoms with Crippen LogP contribution in [0.25, 0.3) is 6.08 Å². The number of benzene rings is 2. The lowest BCUT2D eigenvalue weighted by atomic mass is 10.2. The van der Waals surface area contributed by atoms with E-state index in [1.165, 1.54) is 11.3 Å². The minimum Gasteiger partial charge on any atom is -0.266 e. The Morgan fingerprint density at radius 3 is 2.48 bits per heavy atom. The van der Waals surface area contributed by atoms with Crippen LogP contribution in [0, 0.1) is 0 Å². The summed E-state index contributed by atoms with van der Waals surface area (Å²) in [5.74, 6) is 0.431. The van der Waals surface area contributed by atoms with Gasteiger partial charge in [-0.15, -0.1) is 11.3 Å². The SMILES string of the molecule is O=C1/C(=C\c2ccc(Br)cc2)N=C(c2ccccc2)N1c1nccs1. The Hall–Kier alpha value is -2.57. The predicted octanol–water partition coefficient (Wildman–Crippen LogP) is 4.74. The molecule has 1 aliphatic heterocycles. The Bertz CT molecular complexity index is 964. The van der Waals surface area contributed by atoms with Crippen LogP contribution in [0.3, 0.4) is 0 Å². The van der Waals surface area contributed by atoms with E-state index in [0.717, 1.165) is 15.6 Å². The van der Waals surface area contributed by atoms with Crippen molar-refractivity contribution in [2.45, 2.75) is 0 Å². The summed E-state index contributed by atoms with van der Waals surface area (Å²) in [6, 6.07) is 17.4. The number of carbonyl (C=O) groups is 1. The zero-order valence-electron chi connectivity index (χ0n) is 13.0. The van der Waals surface area contributed by atoms with Crippen molar-refractivity contribution in [2.24, 2.45) is 4.99 Å². The van der Waals surface area contributed by atoms with Crippen molar-refractivity contribution in [3.05, 3.63) is 87.5 Å². The number of carbonyl (C=O) groups excluding carboxylic acids is 1. The molecule has 6 heteroatoms. The number of hydrogen-bond donors (Lipinski definition) is 0. The second-order valence-electron chi connectivity index (χ2n) is 5.34. The van der Waals surface area contributed by atoms with Gasteiger partial charge in [0, 0.05) is 21.6 Å². The van der Waals surface area contributed by atoms with Gasteiger partial charge in [-0.2, -0.15) is 0 Å². The summed E-state index contributed by atoms with van der Waals surface area (Å²) < 4.78 is 0.991. The maximum Gasteiger partial charge on any atom is 0.284 e. The fourth-order valence-electron chi connectivity index (χ4n) is 2.52. The molecular formula is C19H12BrN3OS. The normalized spacial score (nSPS) is 15.7. The molecule has 2 heterocycles. The van der Waals surface area contributed by atoms with Gasteiger partial charge in [0.2, 0.25) is 0 Å². The number of aliphatic imine (C=N–C) groups is 1. The summed E-state index contributed by atoms with van der Waals surface area (Å²) in [4.78, 5) is 23.4. The van der Waals surface area contributed by atoms with Crippen molar-refractivity contribution in [3.63, 3.8) is 0 Å². The molecule has 1 amide bonds. The largest absolute Gasteiger partial charge is 0.284 e. The van der Waals surface area contributed by atoms with Crippen molar-refractivity contribution in [1.29, 1.82) is 0 Å². The average Bonchev–Trinajstić information content (AvgIpc) is 3.26. The molecule has 0 aliphatic carbocycles. The first kappa shape index (κ1) is 15.9. The second kappa shape index (κ2) is 6.74. The van der Waals surface area contributed by atoms with Gasteiger partial charge in [0.25, 0.3) is 5.91 Å². The highest BCUT2D eigenvalue weighted by atomic mass is 79.9. The quantitative estimate of drug-likeness (QED) is 0.586. The molecule has 122 valence electrons. The first-order valence-electron chi connectivity index (χ1n) is 7.58. The van der Waals surface area contributed by atoms with Gasteiger partial charge in [0.1, 0.15) is 11.5 Å². The number of aromatic nitrogens is 1. The molecule has 3 aromatic rings. The monoisotopic (exact) mass is 409 g/mol. The Morgan fingerprint density at radius 1 is 1.04 bits per heavy atom. The van der Waals surface area contributed by atoms with Crippen molar-refractivity contribution in [2.75, 3.05) is 4.90 Å². The highest BCUT2D eigenvalue weighted by molar-refractivity contribution is 9.10. The van der Waals surface area contributed by atoms with E-state index in [9.17, 15) is 4.79 Å². The van der Waals surface area contributed by atoms with E-state index >= 15 is 0 Å². The fourth-order valence-corrected chi connectivity index (χ4v) is 3.42. The second-order valence-corrected chi connectivity index (χ2v) is 7.13. The molecule has 0 saturated heterocycles. The van der Waals surface area contributed by atoms with E-state index in [2.05, 4.69) is 25.9 Å². The minimum absolute atomic E-state index is 0.170. The Morgan fingerprint density at radius 2 is 1.80 bits per heavy atom. The maximum absolute atomic E-state index is 13.0. The van der Waals surface area contributed by atoms with Crippen LogP contribution in [0.15, 0.2) is 81.3 Å². The van der Waals surface area contributed by atoms with Gasteiger partial charge in [-0.05, 0) is 23.8 Å². The molecule has 0 unspecified atom stereocenters. The third-order valence-electron chi connectivity index (χ3n) is 3.68. The fraction of sp³-hybridized carbons (Fsp3) is 0. The third kappa shape index (κ3) is 3.18. The number of thiazole rings is 1. The van der Waals surface area contributed by atoms with Crippen molar-refractivity contribution in [3.8, 4) is 0 Å². The van der Waals surface area contributed by atoms with Crippen LogP contribution in [0.2, 0.25) is 0 Å². The molecule has 2 aromatic carbocycles. The lowest BCUT2D eigenvalue weighted by Gasteiger charge is -2.14. The topological polar surface area (TPSA) is 45.6 Å². The van der Waals surface area contributed by atoms with E-state index in [1.54, 1.807) is 17.2 Å². The number of nitrogens with zero attached hydrogens (tertiary/aromatic N) is 3. The van der Waals surface area contributed by atoms with Crippen molar-refractivity contribution >= 4 is 50.2 Å². The van der Waals surface area contributed by atoms with Crippen LogP contribution >= 0.6 is 27.3 Å². The summed E-state index contributed by atoms with van der Waals surface area (Å²) >= 11 is 4.83. The number of amides is 1. The number of rotatable bonds is 3. The van der Waals surface area contributed by atoms with Gasteiger partial charge in [-0.3, -0.25) is 4.79 Å². The molecule has 0 spiro atoms.